The minimum Gasteiger partial charge on any atom is -0.459 e. The van der Waals surface area contributed by atoms with Gasteiger partial charge in [-0.15, -0.1) is 0 Å². The molecule has 168 valence electrons. The molecule has 5 rings (SSSR count). The van der Waals surface area contributed by atoms with E-state index in [0.29, 0.717) is 42.7 Å². The summed E-state index contributed by atoms with van der Waals surface area (Å²) in [5, 5.41) is 3.92. The van der Waals surface area contributed by atoms with Crippen LogP contribution in [0.3, 0.4) is 0 Å². The summed E-state index contributed by atoms with van der Waals surface area (Å²) in [5.41, 5.74) is 1.37. The second-order valence-electron chi connectivity index (χ2n) is 8.00. The van der Waals surface area contributed by atoms with E-state index in [4.69, 9.17) is 4.42 Å². The Balaban J connectivity index is 1.15. The highest BCUT2D eigenvalue weighted by Crippen LogP contribution is 2.34. The van der Waals surface area contributed by atoms with Crippen LogP contribution < -0.4 is 5.32 Å². The molecule has 9 nitrogen and oxygen atoms in total. The third-order valence-electron chi connectivity index (χ3n) is 5.79. The molecule has 1 aromatic carbocycles. The smallest absolute Gasteiger partial charge is 0.289 e. The van der Waals surface area contributed by atoms with Crippen molar-refractivity contribution >= 4 is 44.3 Å². The molecule has 0 saturated carbocycles. The van der Waals surface area contributed by atoms with Crippen LogP contribution in [0.1, 0.15) is 20.9 Å². The molecule has 2 fully saturated rings. The van der Waals surface area contributed by atoms with Gasteiger partial charge in [0.2, 0.25) is 0 Å². The Bertz CT molecular complexity index is 1150. The number of hydrogen-bond donors (Lipinski definition) is 1. The number of piperazine rings is 1. The van der Waals surface area contributed by atoms with E-state index in [-0.39, 0.29) is 34.6 Å². The van der Waals surface area contributed by atoms with E-state index in [1.54, 1.807) is 34.1 Å². The van der Waals surface area contributed by atoms with E-state index in [0.717, 1.165) is 5.69 Å². The Labute approximate surface area is 189 Å². The first-order valence-corrected chi connectivity index (χ1v) is 13.0. The van der Waals surface area contributed by atoms with Crippen molar-refractivity contribution in [3.63, 3.8) is 0 Å². The van der Waals surface area contributed by atoms with Crippen molar-refractivity contribution in [1.29, 1.82) is 0 Å². The molecular formula is C21H22N4O5S2. The third-order valence-corrected chi connectivity index (χ3v) is 8.93. The lowest BCUT2D eigenvalue weighted by atomic mass is 10.1. The largest absolute Gasteiger partial charge is 0.459 e. The van der Waals surface area contributed by atoms with E-state index in [1.165, 1.54) is 18.0 Å². The van der Waals surface area contributed by atoms with E-state index in [1.807, 2.05) is 12.1 Å². The fourth-order valence-corrected chi connectivity index (χ4v) is 7.76. The highest BCUT2D eigenvalue weighted by molar-refractivity contribution is 8.15. The number of sulfone groups is 1. The average Bonchev–Trinajstić information content (AvgIpc) is 3.49. The SMILES string of the molecule is O=C(c1ccc(NC2=N[C@H]3CS(=O)(=O)C[C@@H]3S2)cc1)N1CCN(C(=O)c2ccco2)CC1. The fourth-order valence-electron chi connectivity index (χ4n) is 4.09. The second-order valence-corrected chi connectivity index (χ2v) is 11.4. The van der Waals surface area contributed by atoms with Crippen LogP contribution in [-0.4, -0.2) is 84.2 Å². The Morgan fingerprint density at radius 3 is 2.31 bits per heavy atom. The number of carbonyl (C=O) groups excluding carboxylic acids is 2. The highest BCUT2D eigenvalue weighted by Gasteiger charge is 2.42. The molecule has 2 saturated heterocycles. The number of furan rings is 1. The lowest BCUT2D eigenvalue weighted by molar-refractivity contribution is 0.0518. The van der Waals surface area contributed by atoms with Crippen LogP contribution in [0.4, 0.5) is 5.69 Å². The maximum absolute atomic E-state index is 12.9. The van der Waals surface area contributed by atoms with Gasteiger partial charge in [-0.1, -0.05) is 11.8 Å². The number of nitrogens with zero attached hydrogens (tertiary/aromatic N) is 3. The summed E-state index contributed by atoms with van der Waals surface area (Å²) in [6.45, 7) is 1.84. The zero-order chi connectivity index (χ0) is 22.3. The van der Waals surface area contributed by atoms with Crippen LogP contribution >= 0.6 is 11.8 Å². The van der Waals surface area contributed by atoms with Crippen LogP contribution in [0.25, 0.3) is 0 Å². The van der Waals surface area contributed by atoms with Gasteiger partial charge in [0.25, 0.3) is 11.8 Å². The number of hydrogen-bond acceptors (Lipinski definition) is 8. The van der Waals surface area contributed by atoms with Gasteiger partial charge in [-0.25, -0.2) is 8.42 Å². The molecule has 2 amide bonds. The molecule has 0 unspecified atom stereocenters. The first kappa shape index (κ1) is 21.1. The number of anilines is 1. The minimum atomic E-state index is -2.97. The van der Waals surface area contributed by atoms with Crippen molar-refractivity contribution in [2.75, 3.05) is 43.0 Å². The van der Waals surface area contributed by atoms with Crippen LogP contribution in [-0.2, 0) is 9.84 Å². The lowest BCUT2D eigenvalue weighted by Crippen LogP contribution is -2.50. The van der Waals surface area contributed by atoms with Crippen LogP contribution in [0.5, 0.6) is 0 Å². The number of benzene rings is 1. The van der Waals surface area contributed by atoms with Gasteiger partial charge in [-0.05, 0) is 36.4 Å². The number of rotatable bonds is 3. The lowest BCUT2D eigenvalue weighted by Gasteiger charge is -2.34. The van der Waals surface area contributed by atoms with Crippen molar-refractivity contribution < 1.29 is 22.4 Å². The zero-order valence-corrected chi connectivity index (χ0v) is 18.8. The molecule has 11 heteroatoms. The predicted octanol–water partition coefficient (Wildman–Crippen LogP) is 1.56. The van der Waals surface area contributed by atoms with Gasteiger partial charge in [-0.2, -0.15) is 0 Å². The third kappa shape index (κ3) is 4.26. The zero-order valence-electron chi connectivity index (χ0n) is 17.1. The van der Waals surface area contributed by atoms with Crippen LogP contribution in [0.15, 0.2) is 52.1 Å². The molecule has 3 aliphatic heterocycles. The Morgan fingerprint density at radius 2 is 1.69 bits per heavy atom. The molecule has 1 aromatic heterocycles. The van der Waals surface area contributed by atoms with Crippen LogP contribution in [0, 0.1) is 0 Å². The van der Waals surface area contributed by atoms with Gasteiger partial charge in [0.1, 0.15) is 0 Å². The normalized spacial score (nSPS) is 24.2. The van der Waals surface area contributed by atoms with Gasteiger partial charge in [0.05, 0.1) is 23.8 Å². The second kappa shape index (κ2) is 8.28. The Morgan fingerprint density at radius 1 is 1.00 bits per heavy atom. The van der Waals surface area contributed by atoms with Gasteiger partial charge >= 0.3 is 0 Å². The molecule has 0 spiro atoms. The summed E-state index contributed by atoms with van der Waals surface area (Å²) in [6.07, 6.45) is 1.47. The highest BCUT2D eigenvalue weighted by atomic mass is 32.2. The van der Waals surface area contributed by atoms with Crippen molar-refractivity contribution in [2.24, 2.45) is 4.99 Å². The molecule has 0 aliphatic carbocycles. The topological polar surface area (TPSA) is 112 Å². The quantitative estimate of drug-likeness (QED) is 0.718. The summed E-state index contributed by atoms with van der Waals surface area (Å²) < 4.78 is 28.5. The molecule has 2 atom stereocenters. The first-order valence-electron chi connectivity index (χ1n) is 10.3. The Kier molecular flexibility index (Phi) is 5.46. The summed E-state index contributed by atoms with van der Waals surface area (Å²) in [7, 11) is -2.97. The van der Waals surface area contributed by atoms with Crippen LogP contribution in [0.2, 0.25) is 0 Å². The summed E-state index contributed by atoms with van der Waals surface area (Å²) in [5.74, 6) is 0.359. The molecule has 4 heterocycles. The number of nitrogens with one attached hydrogen (secondary N) is 1. The number of amides is 2. The van der Waals surface area contributed by atoms with Crippen molar-refractivity contribution in [3.05, 3.63) is 54.0 Å². The molecule has 0 radical (unpaired) electrons. The maximum atomic E-state index is 12.9. The maximum Gasteiger partial charge on any atom is 0.289 e. The number of carbonyl (C=O) groups is 2. The standard InChI is InChI=1S/C21H22N4O5S2/c26-19(24-7-9-25(10-8-24)20(27)17-2-1-11-30-17)14-3-5-15(6-4-14)22-21-23-16-12-32(28,29)13-18(16)31-21/h1-6,11,16,18H,7-10,12-13H2,(H,22,23)/t16-,18-/m0/s1. The van der Waals surface area contributed by atoms with Gasteiger partial charge < -0.3 is 19.5 Å². The monoisotopic (exact) mass is 474 g/mol. The molecule has 32 heavy (non-hydrogen) atoms. The van der Waals surface area contributed by atoms with E-state index < -0.39 is 9.84 Å². The predicted molar refractivity (Wildman–Crippen MR) is 122 cm³/mol. The van der Waals surface area contributed by atoms with Gasteiger partial charge in [0, 0.05) is 42.7 Å². The average molecular weight is 475 g/mol. The summed E-state index contributed by atoms with van der Waals surface area (Å²) in [6, 6.07) is 10.3. The Hall–Kier alpha value is -2.79. The number of aliphatic imine (C=N–C) groups is 1. The van der Waals surface area contributed by atoms with E-state index in [2.05, 4.69) is 10.3 Å². The van der Waals surface area contributed by atoms with Crippen molar-refractivity contribution in [1.82, 2.24) is 9.80 Å². The fraction of sp³-hybridized carbons (Fsp3) is 0.381. The first-order chi connectivity index (χ1) is 15.4. The molecule has 0 bridgehead atoms. The summed E-state index contributed by atoms with van der Waals surface area (Å²) >= 11 is 1.46. The van der Waals surface area contributed by atoms with Gasteiger partial charge in [0.15, 0.2) is 20.8 Å². The number of thioether (sulfide) groups is 1. The van der Waals surface area contributed by atoms with Crippen molar-refractivity contribution in [3.8, 4) is 0 Å². The number of fused-ring (bicyclic) bond motifs is 1. The molecular weight excluding hydrogens is 452 g/mol. The molecule has 1 N–H and O–H groups in total. The number of amidine groups is 1. The molecule has 2 aromatic rings. The van der Waals surface area contributed by atoms with E-state index in [9.17, 15) is 18.0 Å². The summed E-state index contributed by atoms with van der Waals surface area (Å²) in [4.78, 5) is 33.1. The minimum absolute atomic E-state index is 0.0123. The van der Waals surface area contributed by atoms with E-state index >= 15 is 0 Å². The molecule has 3 aliphatic rings. The van der Waals surface area contributed by atoms with Crippen molar-refractivity contribution in [2.45, 2.75) is 11.3 Å². The van der Waals surface area contributed by atoms with Gasteiger partial charge in [-0.3, -0.25) is 14.6 Å².